The van der Waals surface area contributed by atoms with Gasteiger partial charge in [0.25, 0.3) is 15.9 Å². The molecule has 0 bridgehead atoms. The minimum absolute atomic E-state index is 0.0511. The minimum Gasteiger partial charge on any atom is -0.493 e. The highest BCUT2D eigenvalue weighted by atomic mass is 35.5. The number of H-pyrrole nitrogens is 1. The van der Waals surface area contributed by atoms with E-state index >= 15 is 0 Å². The maximum Gasteiger partial charge on any atom is 0.265 e. The van der Waals surface area contributed by atoms with Crippen LogP contribution in [0.1, 0.15) is 5.56 Å². The van der Waals surface area contributed by atoms with Crippen molar-refractivity contribution in [3.8, 4) is 39.8 Å². The molecule has 1 amide bonds. The monoisotopic (exact) mass is 581 g/mol. The van der Waals surface area contributed by atoms with Crippen molar-refractivity contribution in [2.24, 2.45) is 5.10 Å². The number of benzene rings is 3. The average Bonchev–Trinajstić information content (AvgIpc) is 3.40. The third-order valence-electron chi connectivity index (χ3n) is 6.23. The van der Waals surface area contributed by atoms with E-state index in [4.69, 9.17) is 25.8 Å². The van der Waals surface area contributed by atoms with Crippen LogP contribution in [0.15, 0.2) is 70.7 Å². The molecule has 0 saturated carbocycles. The first-order valence-electron chi connectivity index (χ1n) is 11.9. The lowest BCUT2D eigenvalue weighted by Gasteiger charge is -2.29. The Morgan fingerprint density at radius 2 is 1.82 bits per heavy atom. The van der Waals surface area contributed by atoms with Crippen molar-refractivity contribution in [1.82, 2.24) is 15.6 Å². The van der Waals surface area contributed by atoms with E-state index in [1.54, 1.807) is 54.6 Å². The molecule has 4 aromatic rings. The summed E-state index contributed by atoms with van der Waals surface area (Å²) in [6.07, 6.45) is 1.36. The van der Waals surface area contributed by atoms with Gasteiger partial charge in [0.2, 0.25) is 5.75 Å². The van der Waals surface area contributed by atoms with Gasteiger partial charge in [-0.1, -0.05) is 41.9 Å². The molecule has 0 atom stereocenters. The van der Waals surface area contributed by atoms with Crippen LogP contribution in [-0.2, 0) is 14.8 Å². The summed E-state index contributed by atoms with van der Waals surface area (Å²) < 4.78 is 44.6. The van der Waals surface area contributed by atoms with Crippen molar-refractivity contribution < 1.29 is 27.4 Å². The number of hydrazone groups is 1. The SMILES string of the molecule is COc1ccc(C=NNC(=O)CN2c3c(-c4cccc(Cl)c4)n[nH]c3-c3ccccc3S2(=O)=O)c(OC)c1OC. The number of anilines is 1. The van der Waals surface area contributed by atoms with Crippen LogP contribution in [0.2, 0.25) is 5.02 Å². The van der Waals surface area contributed by atoms with Crippen LogP contribution in [0.3, 0.4) is 0 Å². The zero-order valence-electron chi connectivity index (χ0n) is 21.6. The molecule has 40 heavy (non-hydrogen) atoms. The molecule has 0 aliphatic carbocycles. The number of nitrogens with one attached hydrogen (secondary N) is 2. The molecule has 0 fully saturated rings. The van der Waals surface area contributed by atoms with Gasteiger partial charge in [-0.3, -0.25) is 14.2 Å². The highest BCUT2D eigenvalue weighted by Gasteiger charge is 2.39. The van der Waals surface area contributed by atoms with Crippen LogP contribution in [0.25, 0.3) is 22.5 Å². The first-order valence-corrected chi connectivity index (χ1v) is 13.7. The summed E-state index contributed by atoms with van der Waals surface area (Å²) in [5.74, 6) is 0.494. The van der Waals surface area contributed by atoms with Crippen molar-refractivity contribution >= 4 is 39.4 Å². The number of halogens is 1. The second kappa shape index (κ2) is 10.9. The Morgan fingerprint density at radius 3 is 2.55 bits per heavy atom. The van der Waals surface area contributed by atoms with Crippen LogP contribution < -0.4 is 23.9 Å². The van der Waals surface area contributed by atoms with E-state index in [9.17, 15) is 13.2 Å². The number of nitrogens with zero attached hydrogens (tertiary/aromatic N) is 3. The highest BCUT2D eigenvalue weighted by Crippen LogP contribution is 2.46. The van der Waals surface area contributed by atoms with Gasteiger partial charge < -0.3 is 14.2 Å². The fourth-order valence-corrected chi connectivity index (χ4v) is 6.30. The first kappa shape index (κ1) is 27.0. The standard InChI is InChI=1S/C27H24ClN5O6S/c1-37-20-12-11-17(26(38-2)27(20)39-3)14-29-30-22(34)15-33-25-23(16-7-6-8-18(28)13-16)31-32-24(25)19-9-4-5-10-21(19)40(33,35)36/h4-14H,15H2,1-3H3,(H,30,34)(H,31,32). The maximum atomic E-state index is 13.8. The fourth-order valence-electron chi connectivity index (χ4n) is 4.47. The van der Waals surface area contributed by atoms with Crippen molar-refractivity contribution in [2.75, 3.05) is 32.2 Å². The van der Waals surface area contributed by atoms with Crippen LogP contribution in [0.4, 0.5) is 5.69 Å². The molecule has 1 aliphatic heterocycles. The topological polar surface area (TPSA) is 135 Å². The number of methoxy groups -OCH3 is 3. The Bertz CT molecular complexity index is 1740. The third-order valence-corrected chi connectivity index (χ3v) is 8.27. The summed E-state index contributed by atoms with van der Waals surface area (Å²) in [5, 5.41) is 11.8. The largest absolute Gasteiger partial charge is 0.493 e. The van der Waals surface area contributed by atoms with E-state index < -0.39 is 22.5 Å². The number of carbonyl (C=O) groups is 1. The minimum atomic E-state index is -4.13. The molecule has 2 N–H and O–H groups in total. The lowest BCUT2D eigenvalue weighted by Crippen LogP contribution is -2.41. The number of carbonyl (C=O) groups excluding carboxylic acids is 1. The van der Waals surface area contributed by atoms with E-state index in [2.05, 4.69) is 20.7 Å². The maximum absolute atomic E-state index is 13.8. The van der Waals surface area contributed by atoms with Gasteiger partial charge in [-0.25, -0.2) is 13.8 Å². The van der Waals surface area contributed by atoms with Gasteiger partial charge in [0.05, 0.1) is 38.1 Å². The zero-order valence-corrected chi connectivity index (χ0v) is 23.2. The predicted octanol–water partition coefficient (Wildman–Crippen LogP) is 4.08. The molecule has 0 spiro atoms. The number of sulfonamides is 1. The van der Waals surface area contributed by atoms with E-state index in [1.165, 1.54) is 33.6 Å². The number of hydrogen-bond acceptors (Lipinski definition) is 8. The van der Waals surface area contributed by atoms with E-state index in [0.717, 1.165) is 4.31 Å². The van der Waals surface area contributed by atoms with Gasteiger partial charge in [-0.15, -0.1) is 0 Å². The van der Waals surface area contributed by atoms with Crippen molar-refractivity contribution in [2.45, 2.75) is 4.90 Å². The number of ether oxygens (including phenoxy) is 3. The van der Waals surface area contributed by atoms with Crippen molar-refractivity contribution in [3.05, 3.63) is 71.2 Å². The summed E-state index contributed by atoms with van der Waals surface area (Å²) in [6, 6.07) is 16.7. The summed E-state index contributed by atoms with van der Waals surface area (Å²) in [5.41, 5.74) is 4.97. The number of rotatable bonds is 8. The summed E-state index contributed by atoms with van der Waals surface area (Å²) >= 11 is 6.19. The molecule has 206 valence electrons. The Labute approximate surface area is 235 Å². The Hall–Kier alpha value is -4.55. The number of amides is 1. The zero-order chi connectivity index (χ0) is 28.4. The van der Waals surface area contributed by atoms with E-state index in [1.807, 2.05) is 0 Å². The number of aromatic amines is 1. The van der Waals surface area contributed by atoms with Crippen molar-refractivity contribution in [1.29, 1.82) is 0 Å². The fraction of sp³-hybridized carbons (Fsp3) is 0.148. The van der Waals surface area contributed by atoms with Crippen LogP contribution in [0.5, 0.6) is 17.2 Å². The number of hydrogen-bond donors (Lipinski definition) is 2. The Balaban J connectivity index is 1.48. The number of aromatic nitrogens is 2. The molecule has 3 aromatic carbocycles. The van der Waals surface area contributed by atoms with Crippen LogP contribution in [-0.4, -0.2) is 58.6 Å². The van der Waals surface area contributed by atoms with Crippen LogP contribution in [0, 0.1) is 0 Å². The molecule has 5 rings (SSSR count). The lowest BCUT2D eigenvalue weighted by molar-refractivity contribution is -0.119. The van der Waals surface area contributed by atoms with Gasteiger partial charge in [0, 0.05) is 21.7 Å². The van der Waals surface area contributed by atoms with Gasteiger partial charge in [0.15, 0.2) is 11.5 Å². The van der Waals surface area contributed by atoms with Gasteiger partial charge in [-0.2, -0.15) is 10.2 Å². The van der Waals surface area contributed by atoms with Gasteiger partial charge >= 0.3 is 0 Å². The normalized spacial score (nSPS) is 13.4. The third kappa shape index (κ3) is 4.71. The van der Waals surface area contributed by atoms with Crippen molar-refractivity contribution in [3.63, 3.8) is 0 Å². The first-order chi connectivity index (χ1) is 19.3. The van der Waals surface area contributed by atoms with E-state index in [0.29, 0.717) is 50.3 Å². The van der Waals surface area contributed by atoms with Gasteiger partial charge in [0.1, 0.15) is 17.9 Å². The van der Waals surface area contributed by atoms with Crippen LogP contribution >= 0.6 is 11.6 Å². The molecule has 2 heterocycles. The molecule has 13 heteroatoms. The molecule has 1 aromatic heterocycles. The van der Waals surface area contributed by atoms with Gasteiger partial charge in [-0.05, 0) is 30.3 Å². The van der Waals surface area contributed by atoms with E-state index in [-0.39, 0.29) is 10.6 Å². The Morgan fingerprint density at radius 1 is 1.05 bits per heavy atom. The molecular formula is C27H24ClN5O6S. The molecule has 0 radical (unpaired) electrons. The molecular weight excluding hydrogens is 558 g/mol. The molecule has 0 saturated heterocycles. The Kier molecular flexibility index (Phi) is 7.37. The average molecular weight is 582 g/mol. The summed E-state index contributed by atoms with van der Waals surface area (Å²) in [7, 11) is 0.311. The second-order valence-electron chi connectivity index (χ2n) is 8.53. The summed E-state index contributed by atoms with van der Waals surface area (Å²) in [6.45, 7) is -0.558. The lowest BCUT2D eigenvalue weighted by atomic mass is 10.1. The smallest absolute Gasteiger partial charge is 0.265 e. The highest BCUT2D eigenvalue weighted by molar-refractivity contribution is 7.93. The molecule has 1 aliphatic rings. The summed E-state index contributed by atoms with van der Waals surface area (Å²) in [4.78, 5) is 13.1. The second-order valence-corrected chi connectivity index (χ2v) is 10.8. The molecule has 0 unspecified atom stereocenters. The number of fused-ring (bicyclic) bond motifs is 3. The predicted molar refractivity (Wildman–Crippen MR) is 151 cm³/mol. The molecule has 11 nitrogen and oxygen atoms in total. The quantitative estimate of drug-likeness (QED) is 0.236.